The molecule has 4 heteroatoms. The first kappa shape index (κ1) is 8.82. The van der Waals surface area contributed by atoms with Crippen molar-refractivity contribution in [2.75, 3.05) is 6.61 Å². The van der Waals surface area contributed by atoms with E-state index in [1.807, 2.05) is 0 Å². The smallest absolute Gasteiger partial charge is 0.174 e. The highest BCUT2D eigenvalue weighted by Crippen LogP contribution is 2.24. The third-order valence-electron chi connectivity index (χ3n) is 1.19. The van der Waals surface area contributed by atoms with E-state index >= 15 is 0 Å². The van der Waals surface area contributed by atoms with Gasteiger partial charge in [-0.2, -0.15) is 5.26 Å². The molecule has 0 atom stereocenters. The van der Waals surface area contributed by atoms with Gasteiger partial charge in [0.15, 0.2) is 6.61 Å². The minimum atomic E-state index is -0.438. The summed E-state index contributed by atoms with van der Waals surface area (Å²) in [6, 6.07) is 5.50. The van der Waals surface area contributed by atoms with Crippen molar-refractivity contribution in [1.82, 2.24) is 0 Å². The molecule has 0 radical (unpaired) electrons. The fourth-order valence-electron chi connectivity index (χ4n) is 0.698. The summed E-state index contributed by atoms with van der Waals surface area (Å²) in [5.41, 5.74) is 0. The molecular formula is C8H5ClFNO. The summed E-state index contributed by atoms with van der Waals surface area (Å²) in [6.45, 7) is -0.136. The van der Waals surface area contributed by atoms with Crippen molar-refractivity contribution in [3.63, 3.8) is 0 Å². The average molecular weight is 186 g/mol. The van der Waals surface area contributed by atoms with Gasteiger partial charge in [-0.05, 0) is 12.1 Å². The van der Waals surface area contributed by atoms with Gasteiger partial charge in [-0.1, -0.05) is 11.6 Å². The van der Waals surface area contributed by atoms with Gasteiger partial charge >= 0.3 is 0 Å². The standard InChI is InChI=1S/C8H5ClFNO/c9-7-2-1-6(10)5-8(7)12-4-3-11/h1-2,5H,4H2. The zero-order valence-electron chi connectivity index (χ0n) is 6.05. The van der Waals surface area contributed by atoms with Gasteiger partial charge in [0.2, 0.25) is 0 Å². The van der Waals surface area contributed by atoms with Crippen molar-refractivity contribution in [3.8, 4) is 11.8 Å². The van der Waals surface area contributed by atoms with Crippen LogP contribution >= 0.6 is 11.6 Å². The number of rotatable bonds is 2. The van der Waals surface area contributed by atoms with Gasteiger partial charge in [0.25, 0.3) is 0 Å². The number of halogens is 2. The van der Waals surface area contributed by atoms with Crippen LogP contribution in [0.25, 0.3) is 0 Å². The van der Waals surface area contributed by atoms with Gasteiger partial charge in [0, 0.05) is 6.07 Å². The van der Waals surface area contributed by atoms with Crippen LogP contribution in [-0.2, 0) is 0 Å². The van der Waals surface area contributed by atoms with Gasteiger partial charge in [-0.3, -0.25) is 0 Å². The van der Waals surface area contributed by atoms with E-state index in [9.17, 15) is 4.39 Å². The van der Waals surface area contributed by atoms with Crippen molar-refractivity contribution in [2.45, 2.75) is 0 Å². The molecule has 1 aromatic rings. The zero-order valence-corrected chi connectivity index (χ0v) is 6.81. The molecule has 0 saturated carbocycles. The fourth-order valence-corrected chi connectivity index (χ4v) is 0.870. The summed E-state index contributed by atoms with van der Waals surface area (Å²) in [5.74, 6) is -0.245. The third-order valence-corrected chi connectivity index (χ3v) is 1.50. The lowest BCUT2D eigenvalue weighted by Crippen LogP contribution is -1.94. The summed E-state index contributed by atoms with van der Waals surface area (Å²) in [4.78, 5) is 0. The van der Waals surface area contributed by atoms with Crippen LogP contribution in [0, 0.1) is 17.1 Å². The summed E-state index contributed by atoms with van der Waals surface area (Å²) >= 11 is 5.63. The number of hydrogen-bond acceptors (Lipinski definition) is 2. The lowest BCUT2D eigenvalue weighted by atomic mass is 10.3. The van der Waals surface area contributed by atoms with Gasteiger partial charge in [0.05, 0.1) is 5.02 Å². The van der Waals surface area contributed by atoms with Crippen LogP contribution in [0.15, 0.2) is 18.2 Å². The van der Waals surface area contributed by atoms with Gasteiger partial charge in [-0.15, -0.1) is 0 Å². The Morgan fingerprint density at radius 1 is 1.58 bits per heavy atom. The molecule has 0 aromatic heterocycles. The molecule has 0 unspecified atom stereocenters. The summed E-state index contributed by atoms with van der Waals surface area (Å²) in [6.07, 6.45) is 0. The molecule has 0 bridgehead atoms. The van der Waals surface area contributed by atoms with Crippen LogP contribution < -0.4 is 4.74 Å². The maximum Gasteiger partial charge on any atom is 0.174 e. The summed E-state index contributed by atoms with van der Waals surface area (Å²) in [7, 11) is 0. The van der Waals surface area contributed by atoms with Gasteiger partial charge in [-0.25, -0.2) is 4.39 Å². The molecule has 0 aliphatic carbocycles. The normalized spacial score (nSPS) is 9.08. The van der Waals surface area contributed by atoms with Crippen molar-refractivity contribution >= 4 is 11.6 Å². The molecule has 0 amide bonds. The van der Waals surface area contributed by atoms with Crippen molar-refractivity contribution in [1.29, 1.82) is 5.26 Å². The Kier molecular flexibility index (Phi) is 2.89. The van der Waals surface area contributed by atoms with Crippen molar-refractivity contribution in [2.24, 2.45) is 0 Å². The fraction of sp³-hybridized carbons (Fsp3) is 0.125. The highest BCUT2D eigenvalue weighted by molar-refractivity contribution is 6.32. The van der Waals surface area contributed by atoms with Crippen LogP contribution in [0.3, 0.4) is 0 Å². The second-order valence-electron chi connectivity index (χ2n) is 2.02. The Bertz CT molecular complexity index is 321. The van der Waals surface area contributed by atoms with Crippen LogP contribution in [0.5, 0.6) is 5.75 Å². The molecule has 0 N–H and O–H groups in total. The van der Waals surface area contributed by atoms with Crippen LogP contribution in [0.1, 0.15) is 0 Å². The largest absolute Gasteiger partial charge is 0.477 e. The first-order chi connectivity index (χ1) is 5.74. The molecule has 62 valence electrons. The number of hydrogen-bond donors (Lipinski definition) is 0. The monoisotopic (exact) mass is 185 g/mol. The SMILES string of the molecule is N#CCOc1cc(F)ccc1Cl. The van der Waals surface area contributed by atoms with Gasteiger partial charge < -0.3 is 4.74 Å². The number of benzene rings is 1. The van der Waals surface area contributed by atoms with Crippen LogP contribution in [-0.4, -0.2) is 6.61 Å². The molecule has 0 spiro atoms. The Balaban J connectivity index is 2.84. The quantitative estimate of drug-likeness (QED) is 0.709. The minimum Gasteiger partial charge on any atom is -0.477 e. The molecule has 0 heterocycles. The molecule has 2 nitrogen and oxygen atoms in total. The topological polar surface area (TPSA) is 33.0 Å². The minimum absolute atomic E-state index is 0.136. The Morgan fingerprint density at radius 3 is 3.00 bits per heavy atom. The summed E-state index contributed by atoms with van der Waals surface area (Å²) < 4.78 is 17.4. The molecule has 0 aliphatic rings. The van der Waals surface area contributed by atoms with E-state index in [0.717, 1.165) is 6.07 Å². The van der Waals surface area contributed by atoms with E-state index in [0.29, 0.717) is 5.02 Å². The van der Waals surface area contributed by atoms with Gasteiger partial charge in [0.1, 0.15) is 17.6 Å². The second kappa shape index (κ2) is 3.93. The summed E-state index contributed by atoms with van der Waals surface area (Å²) in [5, 5.41) is 8.47. The molecule has 1 rings (SSSR count). The lowest BCUT2D eigenvalue weighted by molar-refractivity contribution is 0.366. The predicted molar refractivity (Wildman–Crippen MR) is 42.5 cm³/mol. The number of nitrogens with zero attached hydrogens (tertiary/aromatic N) is 1. The van der Waals surface area contributed by atoms with E-state index in [1.54, 1.807) is 6.07 Å². The highest BCUT2D eigenvalue weighted by atomic mass is 35.5. The molecule has 0 aliphatic heterocycles. The third kappa shape index (κ3) is 2.11. The van der Waals surface area contributed by atoms with Crippen LogP contribution in [0.4, 0.5) is 4.39 Å². The van der Waals surface area contributed by atoms with Crippen molar-refractivity contribution < 1.29 is 9.13 Å². The van der Waals surface area contributed by atoms with E-state index in [1.165, 1.54) is 12.1 Å². The van der Waals surface area contributed by atoms with E-state index in [-0.39, 0.29) is 12.4 Å². The van der Waals surface area contributed by atoms with E-state index in [2.05, 4.69) is 0 Å². The Morgan fingerprint density at radius 2 is 2.33 bits per heavy atom. The molecular weight excluding hydrogens is 181 g/mol. The number of nitriles is 1. The molecule has 1 aromatic carbocycles. The number of ether oxygens (including phenoxy) is 1. The Labute approximate surface area is 74.1 Å². The zero-order chi connectivity index (χ0) is 8.97. The molecule has 0 saturated heterocycles. The first-order valence-corrected chi connectivity index (χ1v) is 3.56. The van der Waals surface area contributed by atoms with E-state index < -0.39 is 5.82 Å². The van der Waals surface area contributed by atoms with Crippen molar-refractivity contribution in [3.05, 3.63) is 29.0 Å². The first-order valence-electron chi connectivity index (χ1n) is 3.19. The lowest BCUT2D eigenvalue weighted by Gasteiger charge is -2.02. The maximum atomic E-state index is 12.6. The average Bonchev–Trinajstić information content (AvgIpc) is 2.07. The highest BCUT2D eigenvalue weighted by Gasteiger charge is 2.01. The Hall–Kier alpha value is -1.27. The maximum absolute atomic E-state index is 12.6. The van der Waals surface area contributed by atoms with E-state index in [4.69, 9.17) is 21.6 Å². The molecule has 0 fully saturated rings. The molecule has 12 heavy (non-hydrogen) atoms. The second-order valence-corrected chi connectivity index (χ2v) is 2.43. The van der Waals surface area contributed by atoms with Crippen LogP contribution in [0.2, 0.25) is 5.02 Å². The predicted octanol–water partition coefficient (Wildman–Crippen LogP) is 2.38.